The number of nitrogens with two attached hydrogens (primary N) is 2. The van der Waals surface area contributed by atoms with Crippen LogP contribution in [-0.4, -0.2) is 22.9 Å². The Labute approximate surface area is 230 Å². The van der Waals surface area contributed by atoms with Gasteiger partial charge in [-0.2, -0.15) is 4.57 Å². The van der Waals surface area contributed by atoms with E-state index >= 15 is 0 Å². The lowest BCUT2D eigenvalue weighted by molar-refractivity contribution is -0.677. The largest absolute Gasteiger partial charge is 0.398 e. The maximum Gasteiger partial charge on any atom is 0.214 e. The molecule has 4 nitrogen and oxygen atoms in total. The molecule has 1 atom stereocenters. The SMILES string of the molecule is CC1=[N+](CCCCCCCCCCCCCC[n+]2c(C)cc(N)c3ccccc32)C2CC=CC=C2C(N)=C1. The van der Waals surface area contributed by atoms with Gasteiger partial charge in [0.15, 0.2) is 17.4 Å². The monoisotopic (exact) mass is 514 g/mol. The van der Waals surface area contributed by atoms with Gasteiger partial charge in [0.25, 0.3) is 0 Å². The minimum absolute atomic E-state index is 0.450. The molecule has 0 radical (unpaired) electrons. The molecular formula is C34H50N4+2. The number of benzene rings is 1. The lowest BCUT2D eigenvalue weighted by Gasteiger charge is -2.25. The van der Waals surface area contributed by atoms with E-state index in [2.05, 4.69) is 77.6 Å². The van der Waals surface area contributed by atoms with Crippen LogP contribution in [0, 0.1) is 6.92 Å². The molecular weight excluding hydrogens is 464 g/mol. The Morgan fingerprint density at radius 3 is 2.08 bits per heavy atom. The fraction of sp³-hybridized carbons (Fsp3) is 0.529. The van der Waals surface area contributed by atoms with Crippen LogP contribution >= 0.6 is 0 Å². The normalized spacial score (nSPS) is 17.1. The summed E-state index contributed by atoms with van der Waals surface area (Å²) in [4.78, 5) is 0. The van der Waals surface area contributed by atoms with E-state index in [1.807, 2.05) is 0 Å². The second-order valence-corrected chi connectivity index (χ2v) is 11.4. The summed E-state index contributed by atoms with van der Waals surface area (Å²) in [7, 11) is 0. The number of fused-ring (bicyclic) bond motifs is 2. The lowest BCUT2D eigenvalue weighted by Crippen LogP contribution is -2.38. The standard InChI is InChI=1S/C34H48N4/c1-27-25-31(35)29-19-13-15-21-33(29)37(27)23-17-11-9-7-5-3-4-6-8-10-12-18-24-38-28(2)26-32(36)30-20-14-16-22-34(30)38/h13-16,19-21,25-26,34-36H,3-12,17-18,22-24H2,1-2H3/p+2. The molecule has 0 saturated heterocycles. The fourth-order valence-electron chi connectivity index (χ4n) is 6.31. The molecule has 1 unspecified atom stereocenters. The number of allylic oxidation sites excluding steroid dienone is 3. The van der Waals surface area contributed by atoms with Crippen molar-refractivity contribution in [2.24, 2.45) is 5.73 Å². The van der Waals surface area contributed by atoms with Crippen molar-refractivity contribution >= 4 is 22.3 Å². The van der Waals surface area contributed by atoms with E-state index in [0.717, 1.165) is 30.9 Å². The molecule has 204 valence electrons. The van der Waals surface area contributed by atoms with Crippen LogP contribution in [0.4, 0.5) is 5.69 Å². The van der Waals surface area contributed by atoms with Crippen molar-refractivity contribution in [3.63, 3.8) is 0 Å². The minimum atomic E-state index is 0.450. The molecule has 2 heterocycles. The molecule has 2 aromatic rings. The van der Waals surface area contributed by atoms with Gasteiger partial charge >= 0.3 is 0 Å². The highest BCUT2D eigenvalue weighted by molar-refractivity contribution is 5.91. The number of hydrogen-bond donors (Lipinski definition) is 2. The molecule has 1 aromatic heterocycles. The molecule has 1 aliphatic carbocycles. The zero-order valence-electron chi connectivity index (χ0n) is 23.9. The molecule has 0 spiro atoms. The van der Waals surface area contributed by atoms with E-state index in [1.54, 1.807) is 0 Å². The van der Waals surface area contributed by atoms with Gasteiger partial charge in [0.2, 0.25) is 5.52 Å². The highest BCUT2D eigenvalue weighted by Gasteiger charge is 2.32. The molecule has 1 aliphatic heterocycles. The molecule has 4 heteroatoms. The summed E-state index contributed by atoms with van der Waals surface area (Å²) in [5, 5.41) is 1.17. The van der Waals surface area contributed by atoms with Gasteiger partial charge in [0, 0.05) is 62.6 Å². The summed E-state index contributed by atoms with van der Waals surface area (Å²) in [6.07, 6.45) is 26.1. The van der Waals surface area contributed by atoms with Crippen molar-refractivity contribution in [3.05, 3.63) is 71.6 Å². The van der Waals surface area contributed by atoms with Crippen molar-refractivity contribution in [1.82, 2.24) is 0 Å². The number of aryl methyl sites for hydroxylation is 2. The van der Waals surface area contributed by atoms with Gasteiger partial charge in [-0.05, 0) is 18.9 Å². The van der Waals surface area contributed by atoms with Crippen LogP contribution in [0.5, 0.6) is 0 Å². The third kappa shape index (κ3) is 7.36. The van der Waals surface area contributed by atoms with E-state index in [-0.39, 0.29) is 0 Å². The summed E-state index contributed by atoms with van der Waals surface area (Å²) in [6.45, 7) is 6.62. The Morgan fingerprint density at radius 2 is 1.39 bits per heavy atom. The molecule has 0 fully saturated rings. The molecule has 4 rings (SSSR count). The number of hydrogen-bond acceptors (Lipinski definition) is 2. The molecule has 1 aromatic carbocycles. The predicted octanol–water partition coefficient (Wildman–Crippen LogP) is 7.28. The van der Waals surface area contributed by atoms with Crippen LogP contribution < -0.4 is 16.0 Å². The van der Waals surface area contributed by atoms with Crippen LogP contribution in [0.15, 0.2) is 65.9 Å². The first kappa shape index (κ1) is 28.1. The minimum Gasteiger partial charge on any atom is -0.398 e. The summed E-state index contributed by atoms with van der Waals surface area (Å²) in [5.41, 5.74) is 19.5. The van der Waals surface area contributed by atoms with Crippen molar-refractivity contribution in [2.75, 3.05) is 12.3 Å². The van der Waals surface area contributed by atoms with Gasteiger partial charge in [-0.1, -0.05) is 81.7 Å². The predicted molar refractivity (Wildman–Crippen MR) is 162 cm³/mol. The van der Waals surface area contributed by atoms with Crippen LogP contribution in [0.25, 0.3) is 10.9 Å². The Hall–Kier alpha value is -2.88. The number of aromatic nitrogens is 1. The van der Waals surface area contributed by atoms with Crippen LogP contribution in [0.2, 0.25) is 0 Å². The van der Waals surface area contributed by atoms with Crippen molar-refractivity contribution in [2.45, 2.75) is 110 Å². The van der Waals surface area contributed by atoms with E-state index in [4.69, 9.17) is 11.5 Å². The maximum atomic E-state index is 6.27. The average Bonchev–Trinajstić information content (AvgIpc) is 2.92. The molecule has 38 heavy (non-hydrogen) atoms. The Morgan fingerprint density at radius 1 is 0.789 bits per heavy atom. The highest BCUT2D eigenvalue weighted by Crippen LogP contribution is 2.25. The van der Waals surface area contributed by atoms with Crippen LogP contribution in [-0.2, 0) is 6.54 Å². The Kier molecular flexibility index (Phi) is 10.6. The number of pyridine rings is 1. The van der Waals surface area contributed by atoms with Gasteiger partial charge in [0.05, 0.1) is 11.1 Å². The first-order valence-electron chi connectivity index (χ1n) is 15.2. The second kappa shape index (κ2) is 14.3. The van der Waals surface area contributed by atoms with Crippen molar-refractivity contribution in [1.29, 1.82) is 0 Å². The van der Waals surface area contributed by atoms with Gasteiger partial charge in [-0.25, -0.2) is 4.58 Å². The lowest BCUT2D eigenvalue weighted by atomic mass is 9.92. The van der Waals surface area contributed by atoms with E-state index < -0.39 is 0 Å². The van der Waals surface area contributed by atoms with Crippen LogP contribution in [0.3, 0.4) is 0 Å². The number of rotatable bonds is 15. The van der Waals surface area contributed by atoms with Gasteiger partial charge in [0.1, 0.15) is 13.1 Å². The summed E-state index contributed by atoms with van der Waals surface area (Å²) in [6, 6.07) is 11.1. The summed E-state index contributed by atoms with van der Waals surface area (Å²) >= 11 is 0. The molecule has 0 amide bonds. The van der Waals surface area contributed by atoms with Gasteiger partial charge in [-0.3, -0.25) is 0 Å². The molecule has 4 N–H and O–H groups in total. The highest BCUT2D eigenvalue weighted by atomic mass is 15.1. The van der Waals surface area contributed by atoms with Gasteiger partial charge in [-0.15, -0.1) is 0 Å². The smallest absolute Gasteiger partial charge is 0.214 e. The van der Waals surface area contributed by atoms with E-state index in [0.29, 0.717) is 6.04 Å². The quantitative estimate of drug-likeness (QED) is 0.194. The Bertz CT molecular complexity index is 1200. The number of nitrogen functional groups attached to an aromatic ring is 1. The Balaban J connectivity index is 1.01. The second-order valence-electron chi connectivity index (χ2n) is 11.4. The number of unbranched alkanes of at least 4 members (excludes halogenated alkanes) is 11. The summed E-state index contributed by atoms with van der Waals surface area (Å²) in [5.74, 6) is 0. The van der Waals surface area contributed by atoms with Gasteiger partial charge < -0.3 is 11.5 Å². The third-order valence-corrected chi connectivity index (χ3v) is 8.48. The van der Waals surface area contributed by atoms with E-state index in [9.17, 15) is 0 Å². The van der Waals surface area contributed by atoms with Crippen molar-refractivity contribution in [3.8, 4) is 0 Å². The zero-order chi connectivity index (χ0) is 26.7. The third-order valence-electron chi connectivity index (χ3n) is 8.48. The van der Waals surface area contributed by atoms with E-state index in [1.165, 1.54) is 105 Å². The molecule has 0 bridgehead atoms. The average molecular weight is 515 g/mol. The maximum absolute atomic E-state index is 6.27. The summed E-state index contributed by atoms with van der Waals surface area (Å²) < 4.78 is 5.01. The van der Waals surface area contributed by atoms with Crippen LogP contribution in [0.1, 0.15) is 96.1 Å². The molecule has 2 aliphatic rings. The molecule has 0 saturated carbocycles. The number of para-hydroxylation sites is 1. The zero-order valence-corrected chi connectivity index (χ0v) is 23.9. The first-order valence-corrected chi connectivity index (χ1v) is 15.2. The van der Waals surface area contributed by atoms with Crippen molar-refractivity contribution < 1.29 is 9.14 Å². The fourth-order valence-corrected chi connectivity index (χ4v) is 6.31. The number of anilines is 1. The number of nitrogens with zero attached hydrogens (tertiary/aromatic N) is 2. The first-order chi connectivity index (χ1) is 18.6. The topological polar surface area (TPSA) is 58.9 Å².